The lowest BCUT2D eigenvalue weighted by Gasteiger charge is -2.08. The number of ether oxygens (including phenoxy) is 2. The lowest BCUT2D eigenvalue weighted by Crippen LogP contribution is -2.37. The lowest BCUT2D eigenvalue weighted by molar-refractivity contribution is -0.142. The van der Waals surface area contributed by atoms with Gasteiger partial charge in [0.1, 0.15) is 12.6 Å². The number of thiazole rings is 1. The van der Waals surface area contributed by atoms with Crippen LogP contribution in [0.4, 0.5) is 0 Å². The zero-order valence-electron chi connectivity index (χ0n) is 9.25. The van der Waals surface area contributed by atoms with Gasteiger partial charge in [-0.05, 0) is 12.1 Å². The molecule has 2 rings (SSSR count). The molecule has 0 aliphatic heterocycles. The molecule has 17 heavy (non-hydrogen) atoms. The van der Waals surface area contributed by atoms with Crippen molar-refractivity contribution in [3.05, 3.63) is 24.3 Å². The molecule has 0 fully saturated rings. The maximum Gasteiger partial charge on any atom is 0.326 e. The number of esters is 1. The van der Waals surface area contributed by atoms with Crippen LogP contribution in [0, 0.1) is 0 Å². The second kappa shape index (κ2) is 5.11. The monoisotopic (exact) mass is 252 g/mol. The number of hydrogen-bond acceptors (Lipinski definition) is 6. The summed E-state index contributed by atoms with van der Waals surface area (Å²) in [5, 5.41) is 0.505. The Hall–Kier alpha value is -1.66. The van der Waals surface area contributed by atoms with Crippen LogP contribution in [-0.4, -0.2) is 30.7 Å². The number of fused-ring (bicyclic) bond motifs is 1. The van der Waals surface area contributed by atoms with Gasteiger partial charge < -0.3 is 15.2 Å². The minimum Gasteiger partial charge on any atom is -0.468 e. The van der Waals surface area contributed by atoms with E-state index >= 15 is 0 Å². The topological polar surface area (TPSA) is 74.4 Å². The molecular weight excluding hydrogens is 240 g/mol. The van der Waals surface area contributed by atoms with Crippen molar-refractivity contribution in [2.24, 2.45) is 5.73 Å². The van der Waals surface area contributed by atoms with Gasteiger partial charge >= 0.3 is 5.97 Å². The van der Waals surface area contributed by atoms with Gasteiger partial charge in [-0.1, -0.05) is 23.5 Å². The minimum atomic E-state index is -0.785. The quantitative estimate of drug-likeness (QED) is 0.827. The van der Waals surface area contributed by atoms with Crippen molar-refractivity contribution in [1.29, 1.82) is 0 Å². The van der Waals surface area contributed by atoms with Crippen LogP contribution >= 0.6 is 11.3 Å². The molecule has 5 nitrogen and oxygen atoms in total. The number of nitrogens with zero attached hydrogens (tertiary/aromatic N) is 1. The fourth-order valence-corrected chi connectivity index (χ4v) is 2.12. The van der Waals surface area contributed by atoms with Gasteiger partial charge in [0, 0.05) is 0 Å². The van der Waals surface area contributed by atoms with Crippen LogP contribution in [0.5, 0.6) is 5.19 Å². The maximum atomic E-state index is 11.1. The molecule has 0 bridgehead atoms. The second-order valence-corrected chi connectivity index (χ2v) is 4.38. The van der Waals surface area contributed by atoms with E-state index in [0.717, 1.165) is 10.2 Å². The van der Waals surface area contributed by atoms with Gasteiger partial charge in [-0.2, -0.15) is 0 Å². The molecule has 90 valence electrons. The Morgan fingerprint density at radius 1 is 1.53 bits per heavy atom. The highest BCUT2D eigenvalue weighted by Crippen LogP contribution is 2.27. The van der Waals surface area contributed by atoms with E-state index in [-0.39, 0.29) is 6.61 Å². The maximum absolute atomic E-state index is 11.1. The molecular formula is C11H12N2O3S. The van der Waals surface area contributed by atoms with Crippen molar-refractivity contribution in [3.63, 3.8) is 0 Å². The Kier molecular flexibility index (Phi) is 3.55. The number of rotatable bonds is 4. The summed E-state index contributed by atoms with van der Waals surface area (Å²) in [6.07, 6.45) is 0. The van der Waals surface area contributed by atoms with Gasteiger partial charge in [-0.15, -0.1) is 0 Å². The molecule has 0 amide bonds. The van der Waals surface area contributed by atoms with Crippen LogP contribution in [0.2, 0.25) is 0 Å². The largest absolute Gasteiger partial charge is 0.468 e. The number of nitrogens with two attached hydrogens (primary N) is 1. The van der Waals surface area contributed by atoms with Gasteiger partial charge in [0.05, 0.1) is 17.3 Å². The van der Waals surface area contributed by atoms with Gasteiger partial charge in [-0.3, -0.25) is 4.79 Å². The molecule has 6 heteroatoms. The van der Waals surface area contributed by atoms with Crippen molar-refractivity contribution in [2.75, 3.05) is 13.7 Å². The number of carbonyl (C=O) groups is 1. The first-order valence-electron chi connectivity index (χ1n) is 5.02. The smallest absolute Gasteiger partial charge is 0.326 e. The first-order chi connectivity index (χ1) is 8.20. The van der Waals surface area contributed by atoms with Crippen molar-refractivity contribution in [1.82, 2.24) is 4.98 Å². The fraction of sp³-hybridized carbons (Fsp3) is 0.273. The molecule has 0 saturated heterocycles. The zero-order valence-corrected chi connectivity index (χ0v) is 10.1. The van der Waals surface area contributed by atoms with E-state index in [1.807, 2.05) is 24.3 Å². The number of benzene rings is 1. The van der Waals surface area contributed by atoms with Crippen LogP contribution in [0.25, 0.3) is 10.2 Å². The summed E-state index contributed by atoms with van der Waals surface area (Å²) in [5.41, 5.74) is 6.42. The molecule has 2 aromatic rings. The lowest BCUT2D eigenvalue weighted by atomic mass is 10.3. The average molecular weight is 252 g/mol. The molecule has 0 aliphatic rings. The molecule has 2 N–H and O–H groups in total. The summed E-state index contributed by atoms with van der Waals surface area (Å²) in [5.74, 6) is -0.494. The zero-order chi connectivity index (χ0) is 12.3. The molecule has 1 heterocycles. The Morgan fingerprint density at radius 3 is 3.00 bits per heavy atom. The van der Waals surface area contributed by atoms with Gasteiger partial charge in [0.2, 0.25) is 0 Å². The highest BCUT2D eigenvalue weighted by Gasteiger charge is 2.15. The first-order valence-corrected chi connectivity index (χ1v) is 5.84. The summed E-state index contributed by atoms with van der Waals surface area (Å²) >= 11 is 1.42. The fourth-order valence-electron chi connectivity index (χ4n) is 1.29. The number of aromatic nitrogens is 1. The Labute approximate surface area is 102 Å². The first kappa shape index (κ1) is 11.8. The number of methoxy groups -OCH3 is 1. The molecule has 1 atom stereocenters. The van der Waals surface area contributed by atoms with Gasteiger partial charge in [-0.25, -0.2) is 4.98 Å². The van der Waals surface area contributed by atoms with Crippen molar-refractivity contribution >= 4 is 27.5 Å². The normalized spacial score (nSPS) is 12.4. The van der Waals surface area contributed by atoms with Crippen LogP contribution in [0.15, 0.2) is 24.3 Å². The Morgan fingerprint density at radius 2 is 2.29 bits per heavy atom. The molecule has 1 aromatic heterocycles. The number of carbonyl (C=O) groups excluding carboxylic acids is 1. The van der Waals surface area contributed by atoms with Crippen molar-refractivity contribution in [2.45, 2.75) is 6.04 Å². The van der Waals surface area contributed by atoms with Crippen LogP contribution < -0.4 is 10.5 Å². The van der Waals surface area contributed by atoms with E-state index in [1.165, 1.54) is 18.4 Å². The van der Waals surface area contributed by atoms with Crippen molar-refractivity contribution < 1.29 is 14.3 Å². The van der Waals surface area contributed by atoms with E-state index in [4.69, 9.17) is 10.5 Å². The molecule has 1 aromatic carbocycles. The number of hydrogen-bond donors (Lipinski definition) is 1. The van der Waals surface area contributed by atoms with Crippen LogP contribution in [0.1, 0.15) is 0 Å². The molecule has 0 radical (unpaired) electrons. The third kappa shape index (κ3) is 2.72. The SMILES string of the molecule is COC(=O)C(N)COc1nc2ccccc2s1. The summed E-state index contributed by atoms with van der Waals surface area (Å²) in [4.78, 5) is 15.3. The highest BCUT2D eigenvalue weighted by molar-refractivity contribution is 7.20. The average Bonchev–Trinajstić information content (AvgIpc) is 2.77. The predicted molar refractivity (Wildman–Crippen MR) is 65.1 cm³/mol. The summed E-state index contributed by atoms with van der Waals surface area (Å²) in [6.45, 7) is 0.0620. The third-order valence-electron chi connectivity index (χ3n) is 2.16. The van der Waals surface area contributed by atoms with Gasteiger partial charge in [0.15, 0.2) is 0 Å². The number of para-hydroxylation sites is 1. The van der Waals surface area contributed by atoms with E-state index in [1.54, 1.807) is 0 Å². The van der Waals surface area contributed by atoms with Crippen molar-refractivity contribution in [3.8, 4) is 5.19 Å². The second-order valence-electron chi connectivity index (χ2n) is 3.39. The van der Waals surface area contributed by atoms with E-state index < -0.39 is 12.0 Å². The predicted octanol–water partition coefficient (Wildman–Crippen LogP) is 1.18. The summed E-state index contributed by atoms with van der Waals surface area (Å²) in [6, 6.07) is 6.92. The minimum absolute atomic E-state index is 0.0620. The highest BCUT2D eigenvalue weighted by atomic mass is 32.1. The standard InChI is InChI=1S/C11H12N2O3S/c1-15-10(14)7(12)6-16-11-13-8-4-2-3-5-9(8)17-11/h2-5,7H,6,12H2,1H3. The van der Waals surface area contributed by atoms with Gasteiger partial charge in [0.25, 0.3) is 5.19 Å². The molecule has 1 unspecified atom stereocenters. The van der Waals surface area contributed by atoms with Crippen LogP contribution in [-0.2, 0) is 9.53 Å². The van der Waals surface area contributed by atoms with Crippen LogP contribution in [0.3, 0.4) is 0 Å². The molecule has 0 aliphatic carbocycles. The molecule has 0 spiro atoms. The summed E-state index contributed by atoms with van der Waals surface area (Å²) < 4.78 is 10.9. The Bertz CT molecular complexity index is 493. The van der Waals surface area contributed by atoms with E-state index in [9.17, 15) is 4.79 Å². The Balaban J connectivity index is 2.01. The van der Waals surface area contributed by atoms with E-state index in [0.29, 0.717) is 5.19 Å². The third-order valence-corrected chi connectivity index (χ3v) is 3.11. The summed E-state index contributed by atoms with van der Waals surface area (Å²) in [7, 11) is 1.29. The molecule has 0 saturated carbocycles. The van der Waals surface area contributed by atoms with E-state index in [2.05, 4.69) is 9.72 Å².